The second-order valence-corrected chi connectivity index (χ2v) is 4.10. The number of nitrogens with one attached hydrogen (secondary N) is 2. The van der Waals surface area contributed by atoms with Gasteiger partial charge in [-0.3, -0.25) is 9.89 Å². The van der Waals surface area contributed by atoms with Crippen molar-refractivity contribution in [1.29, 1.82) is 0 Å². The fraction of sp³-hybridized carbons (Fsp3) is 0.231. The van der Waals surface area contributed by atoms with Crippen LogP contribution in [-0.4, -0.2) is 16.1 Å². The Balaban J connectivity index is 2.05. The molecule has 0 radical (unpaired) electrons. The van der Waals surface area contributed by atoms with E-state index >= 15 is 0 Å². The van der Waals surface area contributed by atoms with E-state index in [2.05, 4.69) is 22.4 Å². The van der Waals surface area contributed by atoms with Crippen LogP contribution in [0.2, 0.25) is 0 Å². The highest BCUT2D eigenvalue weighted by molar-refractivity contribution is 6.07. The number of amides is 1. The number of aromatic nitrogens is 2. The van der Waals surface area contributed by atoms with Crippen molar-refractivity contribution >= 4 is 17.4 Å². The van der Waals surface area contributed by atoms with Gasteiger partial charge in [-0.05, 0) is 24.1 Å². The third-order valence-corrected chi connectivity index (χ3v) is 2.66. The molecule has 94 valence electrons. The zero-order valence-electron chi connectivity index (χ0n) is 10.2. The molecule has 0 saturated heterocycles. The summed E-state index contributed by atoms with van der Waals surface area (Å²) in [6.07, 6.45) is 3.57. The number of hydrogen-bond acceptors (Lipinski definition) is 3. The smallest absolute Gasteiger partial charge is 0.261 e. The topological polar surface area (TPSA) is 83.8 Å². The zero-order chi connectivity index (χ0) is 13.0. The van der Waals surface area contributed by atoms with Crippen LogP contribution in [0.3, 0.4) is 0 Å². The second kappa shape index (κ2) is 5.35. The Hall–Kier alpha value is -2.30. The van der Waals surface area contributed by atoms with Crippen molar-refractivity contribution in [3.05, 3.63) is 41.6 Å². The van der Waals surface area contributed by atoms with Gasteiger partial charge in [0.2, 0.25) is 0 Å². The van der Waals surface area contributed by atoms with Gasteiger partial charge in [0, 0.05) is 5.69 Å². The predicted octanol–water partition coefficient (Wildman–Crippen LogP) is 2.20. The summed E-state index contributed by atoms with van der Waals surface area (Å²) in [5.41, 5.74) is 7.95. The number of nitrogens with zero attached hydrogens (tertiary/aromatic N) is 1. The molecule has 0 aliphatic carbocycles. The molecule has 5 heteroatoms. The summed E-state index contributed by atoms with van der Waals surface area (Å²) < 4.78 is 0. The molecule has 2 aromatic rings. The number of rotatable bonds is 4. The average Bonchev–Trinajstić information content (AvgIpc) is 2.78. The van der Waals surface area contributed by atoms with Crippen LogP contribution in [-0.2, 0) is 6.42 Å². The number of aromatic amines is 1. The van der Waals surface area contributed by atoms with Crippen LogP contribution in [0, 0.1) is 0 Å². The molecule has 4 N–H and O–H groups in total. The average molecular weight is 244 g/mol. The standard InChI is InChI=1S/C13H16N4O/c1-2-3-9-4-6-10(7-5-9)16-13(18)11-8-15-17-12(11)14/h4-8H,2-3H2,1H3,(H,16,18)(H3,14,15,17). The molecular weight excluding hydrogens is 228 g/mol. The molecule has 0 bridgehead atoms. The van der Waals surface area contributed by atoms with E-state index in [0.29, 0.717) is 5.56 Å². The van der Waals surface area contributed by atoms with Crippen molar-refractivity contribution in [3.63, 3.8) is 0 Å². The molecule has 0 unspecified atom stereocenters. The molecule has 0 saturated carbocycles. The van der Waals surface area contributed by atoms with Gasteiger partial charge in [0.1, 0.15) is 11.4 Å². The molecule has 1 amide bonds. The maximum atomic E-state index is 11.9. The number of anilines is 2. The Kier molecular flexibility index (Phi) is 3.62. The lowest BCUT2D eigenvalue weighted by atomic mass is 10.1. The summed E-state index contributed by atoms with van der Waals surface area (Å²) in [6.45, 7) is 2.14. The van der Waals surface area contributed by atoms with Crippen molar-refractivity contribution in [1.82, 2.24) is 10.2 Å². The number of H-pyrrole nitrogens is 1. The summed E-state index contributed by atoms with van der Waals surface area (Å²) in [4.78, 5) is 11.9. The molecule has 1 aromatic heterocycles. The van der Waals surface area contributed by atoms with Crippen LogP contribution in [0.1, 0.15) is 29.3 Å². The molecule has 0 aliphatic heterocycles. The monoisotopic (exact) mass is 244 g/mol. The molecule has 1 heterocycles. The van der Waals surface area contributed by atoms with Crippen LogP contribution in [0.5, 0.6) is 0 Å². The lowest BCUT2D eigenvalue weighted by Crippen LogP contribution is -2.12. The largest absolute Gasteiger partial charge is 0.383 e. The Morgan fingerprint density at radius 2 is 2.11 bits per heavy atom. The second-order valence-electron chi connectivity index (χ2n) is 4.10. The van der Waals surface area contributed by atoms with E-state index in [1.807, 2.05) is 24.3 Å². The lowest BCUT2D eigenvalue weighted by molar-refractivity contribution is 0.102. The number of nitrogen functional groups attached to an aromatic ring is 1. The van der Waals surface area contributed by atoms with E-state index in [-0.39, 0.29) is 11.7 Å². The fourth-order valence-corrected chi connectivity index (χ4v) is 1.72. The normalized spacial score (nSPS) is 10.3. The first-order chi connectivity index (χ1) is 8.70. The predicted molar refractivity (Wildman–Crippen MR) is 71.4 cm³/mol. The van der Waals surface area contributed by atoms with E-state index in [4.69, 9.17) is 5.73 Å². The number of aryl methyl sites for hydroxylation is 1. The first-order valence-corrected chi connectivity index (χ1v) is 5.90. The number of nitrogens with two attached hydrogens (primary N) is 1. The molecule has 0 fully saturated rings. The minimum absolute atomic E-state index is 0.260. The maximum absolute atomic E-state index is 11.9. The third-order valence-electron chi connectivity index (χ3n) is 2.66. The van der Waals surface area contributed by atoms with Gasteiger partial charge in [-0.1, -0.05) is 25.5 Å². The molecule has 2 rings (SSSR count). The molecule has 5 nitrogen and oxygen atoms in total. The van der Waals surface area contributed by atoms with Gasteiger partial charge < -0.3 is 11.1 Å². The van der Waals surface area contributed by atoms with Crippen molar-refractivity contribution in [2.24, 2.45) is 0 Å². The SMILES string of the molecule is CCCc1ccc(NC(=O)c2cn[nH]c2N)cc1. The van der Waals surface area contributed by atoms with Gasteiger partial charge in [0.15, 0.2) is 0 Å². The number of benzene rings is 1. The molecule has 18 heavy (non-hydrogen) atoms. The molecule has 0 aliphatic rings. The van der Waals surface area contributed by atoms with Crippen molar-refractivity contribution in [3.8, 4) is 0 Å². The first kappa shape index (κ1) is 12.2. The fourth-order valence-electron chi connectivity index (χ4n) is 1.72. The van der Waals surface area contributed by atoms with Gasteiger partial charge >= 0.3 is 0 Å². The third kappa shape index (κ3) is 2.68. The zero-order valence-corrected chi connectivity index (χ0v) is 10.2. The van der Waals surface area contributed by atoms with Gasteiger partial charge in [0.25, 0.3) is 5.91 Å². The van der Waals surface area contributed by atoms with Gasteiger partial charge in [-0.25, -0.2) is 0 Å². The maximum Gasteiger partial charge on any atom is 0.261 e. The summed E-state index contributed by atoms with van der Waals surface area (Å²) in [5, 5.41) is 9.02. The van der Waals surface area contributed by atoms with Crippen LogP contribution in [0.25, 0.3) is 0 Å². The van der Waals surface area contributed by atoms with Crippen LogP contribution < -0.4 is 11.1 Å². The van der Waals surface area contributed by atoms with Crippen molar-refractivity contribution in [2.75, 3.05) is 11.1 Å². The van der Waals surface area contributed by atoms with E-state index in [1.54, 1.807) is 0 Å². The highest BCUT2D eigenvalue weighted by Crippen LogP contribution is 2.14. The lowest BCUT2D eigenvalue weighted by Gasteiger charge is -2.05. The quantitative estimate of drug-likeness (QED) is 0.770. The Morgan fingerprint density at radius 1 is 1.39 bits per heavy atom. The molecule has 1 aromatic carbocycles. The van der Waals surface area contributed by atoms with E-state index in [9.17, 15) is 4.79 Å². The van der Waals surface area contributed by atoms with E-state index < -0.39 is 0 Å². The van der Waals surface area contributed by atoms with E-state index in [1.165, 1.54) is 11.8 Å². The van der Waals surface area contributed by atoms with Gasteiger partial charge in [0.05, 0.1) is 6.20 Å². The first-order valence-electron chi connectivity index (χ1n) is 5.90. The number of carbonyl (C=O) groups is 1. The summed E-state index contributed by atoms with van der Waals surface area (Å²) in [7, 11) is 0. The minimum atomic E-state index is -0.260. The van der Waals surface area contributed by atoms with Gasteiger partial charge in [-0.2, -0.15) is 5.10 Å². The molecule has 0 atom stereocenters. The van der Waals surface area contributed by atoms with E-state index in [0.717, 1.165) is 18.5 Å². The number of carbonyl (C=O) groups excluding carboxylic acids is 1. The van der Waals surface area contributed by atoms with Crippen LogP contribution in [0.4, 0.5) is 11.5 Å². The highest BCUT2D eigenvalue weighted by Gasteiger charge is 2.11. The molecule has 0 spiro atoms. The minimum Gasteiger partial charge on any atom is -0.383 e. The number of hydrogen-bond donors (Lipinski definition) is 3. The highest BCUT2D eigenvalue weighted by atomic mass is 16.1. The van der Waals surface area contributed by atoms with Crippen molar-refractivity contribution < 1.29 is 4.79 Å². The van der Waals surface area contributed by atoms with Crippen molar-refractivity contribution in [2.45, 2.75) is 19.8 Å². The Labute approximate surface area is 105 Å². The van der Waals surface area contributed by atoms with Crippen LogP contribution >= 0.6 is 0 Å². The Morgan fingerprint density at radius 3 is 2.67 bits per heavy atom. The summed E-state index contributed by atoms with van der Waals surface area (Å²) in [5.74, 6) is 0.0135. The summed E-state index contributed by atoms with van der Waals surface area (Å²) >= 11 is 0. The van der Waals surface area contributed by atoms with Crippen LogP contribution in [0.15, 0.2) is 30.5 Å². The Bertz CT molecular complexity index is 530. The molecular formula is C13H16N4O. The summed E-state index contributed by atoms with van der Waals surface area (Å²) in [6, 6.07) is 7.80. The van der Waals surface area contributed by atoms with Gasteiger partial charge in [-0.15, -0.1) is 0 Å².